The predicted molar refractivity (Wildman–Crippen MR) is 355 cm³/mol. The second-order valence-electron chi connectivity index (χ2n) is 22.8. The molecule has 18 nitrogen and oxygen atoms in total. The number of aromatic nitrogens is 8. The minimum Gasteiger partial charge on any atom is -0.423 e. The Morgan fingerprint density at radius 2 is 0.884 bits per heavy atom. The minimum absolute atomic E-state index is 0.262. The summed E-state index contributed by atoms with van der Waals surface area (Å²) in [5, 5.41) is 56.2. The zero-order valence-electron chi connectivity index (χ0n) is 49.9. The third kappa shape index (κ3) is 17.3. The van der Waals surface area contributed by atoms with Crippen molar-refractivity contribution in [2.45, 2.75) is 142 Å². The average molecular weight is 1200 g/mol. The molecule has 10 aromatic rings. The third-order valence-electron chi connectivity index (χ3n) is 15.4. The van der Waals surface area contributed by atoms with Gasteiger partial charge in [-0.1, -0.05) is 114 Å². The molecule has 12 rings (SSSR count). The van der Waals surface area contributed by atoms with E-state index in [-0.39, 0.29) is 12.1 Å². The van der Waals surface area contributed by atoms with E-state index in [0.717, 1.165) is 90.9 Å². The van der Waals surface area contributed by atoms with Crippen molar-refractivity contribution in [3.63, 3.8) is 0 Å². The van der Waals surface area contributed by atoms with E-state index in [4.69, 9.17) is 51.5 Å². The number of nitrogens with two attached hydrogens (primary N) is 2. The Morgan fingerprint density at radius 1 is 0.488 bits per heavy atom. The molecule has 2 fully saturated rings. The molecule has 0 saturated heterocycles. The Labute approximate surface area is 513 Å². The number of fused-ring (bicyclic) bond motifs is 2. The van der Waals surface area contributed by atoms with Crippen LogP contribution in [0.15, 0.2) is 143 Å². The summed E-state index contributed by atoms with van der Waals surface area (Å²) >= 11 is 3.17. The molecule has 6 aromatic heterocycles. The van der Waals surface area contributed by atoms with Crippen LogP contribution in [0.4, 0.5) is 23.5 Å². The summed E-state index contributed by atoms with van der Waals surface area (Å²) in [5.74, 6) is 2.82. The van der Waals surface area contributed by atoms with Gasteiger partial charge in [-0.3, -0.25) is 0 Å². The Balaban J connectivity index is 0.000000160. The van der Waals surface area contributed by atoms with Gasteiger partial charge in [0.15, 0.2) is 34.0 Å². The topological polar surface area (TPSA) is 268 Å². The number of thiophene rings is 2. The summed E-state index contributed by atoms with van der Waals surface area (Å²) in [5.41, 5.74) is 26.3. The SMILES string of the molecule is CC(C)n1cnc2c(NCc3ccc(-c4ccsc4)cc3)nc(NC3CCC(N)CC3)nc21.Cc1ccc(-c2ccc(CNc3nc(NC4CCC(N)CC4)nc4c3ncn4C(C)C)cc2)cc1.Cc1ccc(B(O)O)cc1.OB(O)c1ccsc1. The number of rotatable bonds is 16. The van der Waals surface area contributed by atoms with Crippen molar-refractivity contribution in [1.29, 1.82) is 0 Å². The van der Waals surface area contributed by atoms with Crippen molar-refractivity contribution < 1.29 is 20.1 Å². The van der Waals surface area contributed by atoms with Crippen LogP contribution >= 0.6 is 22.7 Å². The van der Waals surface area contributed by atoms with Crippen molar-refractivity contribution >= 4 is 93.7 Å². The van der Waals surface area contributed by atoms with Crippen LogP contribution in [0, 0.1) is 13.8 Å². The molecule has 22 heteroatoms. The third-order valence-corrected chi connectivity index (χ3v) is 16.8. The Morgan fingerprint density at radius 3 is 1.26 bits per heavy atom. The quantitative estimate of drug-likeness (QED) is 0.0403. The van der Waals surface area contributed by atoms with Gasteiger partial charge in [-0.25, -0.2) is 9.97 Å². The van der Waals surface area contributed by atoms with E-state index >= 15 is 0 Å². The number of aryl methyl sites for hydroxylation is 2. The standard InChI is InChI=1S/C28H35N7.C25H31N7S.C7H9BO2.C4H5BO2S/c1-18(2)35-17-31-25-26(33-28(34-27(25)35)32-24-14-12-23(29)13-15-24)30-16-20-6-10-22(11-7-20)21-8-4-19(3)5-9-21;1-16(2)32-15-28-22-23(27-13-17-3-5-18(6-4-17)19-11-12-33-14-19)30-25(31-24(22)32)29-21-9-7-20(26)8-10-21;1-6-2-4-7(5-3-6)8(9)10;6-5(7)4-1-2-8-3-4/h4-11,17-18,23-24H,12-16,29H2,1-3H3,(H2,30,32,33,34);3-6,11-12,14-16,20-21H,7-10,13,26H2,1-2H3,(H2,27,29,30,31);2-5,9-10H,1H3;1-3,6-7H. The van der Waals surface area contributed by atoms with Gasteiger partial charge < -0.3 is 62.0 Å². The maximum absolute atomic E-state index is 8.67. The lowest BCUT2D eigenvalue weighted by atomic mass is 9.80. The van der Waals surface area contributed by atoms with Crippen LogP contribution in [-0.4, -0.2) is 97.5 Å². The number of nitrogens with zero attached hydrogens (tertiary/aromatic N) is 8. The molecule has 2 aliphatic carbocycles. The molecule has 6 heterocycles. The highest BCUT2D eigenvalue weighted by molar-refractivity contribution is 7.09. The molecule has 0 unspecified atom stereocenters. The number of hydrogen-bond donors (Lipinski definition) is 10. The highest BCUT2D eigenvalue weighted by Gasteiger charge is 2.23. The monoisotopic (exact) mass is 1190 g/mol. The van der Waals surface area contributed by atoms with E-state index in [1.54, 1.807) is 40.3 Å². The Kier molecular flexibility index (Phi) is 22.1. The van der Waals surface area contributed by atoms with Gasteiger partial charge in [0.2, 0.25) is 11.9 Å². The fourth-order valence-corrected chi connectivity index (χ4v) is 11.5. The van der Waals surface area contributed by atoms with Gasteiger partial charge in [0, 0.05) is 49.3 Å². The summed E-state index contributed by atoms with van der Waals surface area (Å²) in [7, 11) is -2.65. The number of nitrogens with one attached hydrogen (secondary N) is 4. The first-order valence-electron chi connectivity index (χ1n) is 29.6. The lowest BCUT2D eigenvalue weighted by molar-refractivity contribution is 0.410. The summed E-state index contributed by atoms with van der Waals surface area (Å²) in [6, 6.07) is 38.7. The molecule has 0 atom stereocenters. The van der Waals surface area contributed by atoms with E-state index in [0.29, 0.717) is 60.1 Å². The average Bonchev–Trinajstić information content (AvgIpc) is 2.23. The first-order chi connectivity index (χ1) is 41.5. The number of benzene rings is 4. The molecule has 0 spiro atoms. The van der Waals surface area contributed by atoms with Gasteiger partial charge in [0.05, 0.1) is 12.7 Å². The summed E-state index contributed by atoms with van der Waals surface area (Å²) in [6.45, 7) is 14.0. The fourth-order valence-electron chi connectivity index (χ4n) is 10.2. The van der Waals surface area contributed by atoms with Crippen LogP contribution in [0.1, 0.15) is 113 Å². The van der Waals surface area contributed by atoms with E-state index in [1.165, 1.54) is 50.3 Å². The normalized spacial score (nSPS) is 16.5. The largest absolute Gasteiger partial charge is 0.489 e. The molecule has 2 aliphatic rings. The number of anilines is 4. The molecule has 448 valence electrons. The number of hydrogen-bond acceptors (Lipinski definition) is 18. The lowest BCUT2D eigenvalue weighted by Gasteiger charge is -2.27. The minimum atomic E-state index is -1.35. The predicted octanol–water partition coefficient (Wildman–Crippen LogP) is 10.2. The second-order valence-corrected chi connectivity index (χ2v) is 24.4. The molecule has 4 aromatic carbocycles. The summed E-state index contributed by atoms with van der Waals surface area (Å²) in [6.07, 6.45) is 12.0. The van der Waals surface area contributed by atoms with Gasteiger partial charge in [0.1, 0.15) is 0 Å². The maximum atomic E-state index is 8.67. The molecule has 86 heavy (non-hydrogen) atoms. The number of imidazole rings is 2. The molecule has 2 saturated carbocycles. The van der Waals surface area contributed by atoms with Gasteiger partial charge in [-0.05, 0) is 165 Å². The van der Waals surface area contributed by atoms with Gasteiger partial charge in [0.25, 0.3) is 0 Å². The molecule has 0 amide bonds. The van der Waals surface area contributed by atoms with Crippen LogP contribution in [0.2, 0.25) is 0 Å². The smallest absolute Gasteiger partial charge is 0.423 e. The molecular formula is C64H80B2N14O4S2. The molecular weight excluding hydrogens is 1110 g/mol. The molecule has 0 bridgehead atoms. The second kappa shape index (κ2) is 30.2. The fraction of sp³-hybridized carbons (Fsp3) is 0.344. The zero-order valence-corrected chi connectivity index (χ0v) is 51.5. The first kappa shape index (κ1) is 63.0. The summed E-state index contributed by atoms with van der Waals surface area (Å²) < 4.78 is 4.19. The van der Waals surface area contributed by atoms with Crippen LogP contribution in [-0.2, 0) is 13.1 Å². The van der Waals surface area contributed by atoms with Crippen LogP contribution in [0.3, 0.4) is 0 Å². The highest BCUT2D eigenvalue weighted by Crippen LogP contribution is 2.30. The van der Waals surface area contributed by atoms with Crippen molar-refractivity contribution in [1.82, 2.24) is 39.0 Å². The van der Waals surface area contributed by atoms with E-state index in [1.807, 2.05) is 31.7 Å². The highest BCUT2D eigenvalue weighted by atomic mass is 32.1. The van der Waals surface area contributed by atoms with Crippen LogP contribution < -0.4 is 43.7 Å². The molecule has 12 N–H and O–H groups in total. The molecule has 0 radical (unpaired) electrons. The van der Waals surface area contributed by atoms with Gasteiger partial charge in [-0.2, -0.15) is 42.6 Å². The van der Waals surface area contributed by atoms with Crippen molar-refractivity contribution in [2.24, 2.45) is 11.5 Å². The maximum Gasteiger partial charge on any atom is 0.489 e. The van der Waals surface area contributed by atoms with E-state index in [2.05, 4.69) is 165 Å². The zero-order chi connectivity index (χ0) is 60.7. The van der Waals surface area contributed by atoms with Crippen LogP contribution in [0.5, 0.6) is 0 Å². The molecule has 0 aliphatic heterocycles. The Bertz CT molecular complexity index is 3640. The van der Waals surface area contributed by atoms with Gasteiger partial charge in [-0.15, -0.1) is 0 Å². The lowest BCUT2D eigenvalue weighted by Crippen LogP contribution is -2.33. The van der Waals surface area contributed by atoms with Gasteiger partial charge >= 0.3 is 14.2 Å². The van der Waals surface area contributed by atoms with Crippen molar-refractivity contribution in [3.05, 3.63) is 166 Å². The van der Waals surface area contributed by atoms with Crippen LogP contribution in [0.25, 0.3) is 44.6 Å². The first-order valence-corrected chi connectivity index (χ1v) is 31.5. The van der Waals surface area contributed by atoms with E-state index < -0.39 is 14.2 Å². The summed E-state index contributed by atoms with van der Waals surface area (Å²) in [4.78, 5) is 28.6. The van der Waals surface area contributed by atoms with Crippen molar-refractivity contribution in [2.75, 3.05) is 21.3 Å². The van der Waals surface area contributed by atoms with E-state index in [9.17, 15) is 0 Å². The Hall–Kier alpha value is -7.53. The van der Waals surface area contributed by atoms with Crippen molar-refractivity contribution in [3.8, 4) is 22.3 Å².